The van der Waals surface area contributed by atoms with Crippen LogP contribution in [-0.4, -0.2) is 37.2 Å². The molecule has 2 N–H and O–H groups in total. The molecule has 5 heteroatoms. The highest BCUT2D eigenvalue weighted by Gasteiger charge is 2.00. The molecule has 0 bridgehead atoms. The van der Waals surface area contributed by atoms with E-state index in [1.54, 1.807) is 7.11 Å². The fourth-order valence-electron chi connectivity index (χ4n) is 1.09. The average Bonchev–Trinajstić information content (AvgIpc) is 2.19. The highest BCUT2D eigenvalue weighted by Crippen LogP contribution is 1.98. The summed E-state index contributed by atoms with van der Waals surface area (Å²) in [5, 5.41) is 11.1. The molecular formula is C10H19NO4. The SMILES string of the molecule is COCCC(=O)NCCCCCC(=O)O. The molecule has 0 fully saturated rings. The van der Waals surface area contributed by atoms with Crippen LogP contribution in [0.4, 0.5) is 0 Å². The van der Waals surface area contributed by atoms with Crippen molar-refractivity contribution in [2.75, 3.05) is 20.3 Å². The van der Waals surface area contributed by atoms with E-state index in [0.29, 0.717) is 26.0 Å². The molecule has 0 aliphatic rings. The van der Waals surface area contributed by atoms with Crippen LogP contribution in [0.15, 0.2) is 0 Å². The number of rotatable bonds is 9. The Morgan fingerprint density at radius 3 is 2.53 bits per heavy atom. The first-order valence-electron chi connectivity index (χ1n) is 5.14. The van der Waals surface area contributed by atoms with Crippen LogP contribution in [0, 0.1) is 0 Å². The highest BCUT2D eigenvalue weighted by atomic mass is 16.5. The van der Waals surface area contributed by atoms with Crippen molar-refractivity contribution in [2.45, 2.75) is 32.1 Å². The van der Waals surface area contributed by atoms with Gasteiger partial charge in [-0.3, -0.25) is 9.59 Å². The molecule has 0 atom stereocenters. The number of nitrogens with one attached hydrogen (secondary N) is 1. The second kappa shape index (κ2) is 9.45. The van der Waals surface area contributed by atoms with Crippen LogP contribution in [0.1, 0.15) is 32.1 Å². The molecule has 0 unspecified atom stereocenters. The number of carboxylic acids is 1. The number of amides is 1. The van der Waals surface area contributed by atoms with E-state index in [9.17, 15) is 9.59 Å². The number of unbranched alkanes of at least 4 members (excludes halogenated alkanes) is 2. The van der Waals surface area contributed by atoms with Crippen LogP contribution in [0.5, 0.6) is 0 Å². The van der Waals surface area contributed by atoms with Crippen molar-refractivity contribution in [1.82, 2.24) is 5.32 Å². The van der Waals surface area contributed by atoms with Gasteiger partial charge in [0.15, 0.2) is 0 Å². The molecule has 0 aromatic rings. The van der Waals surface area contributed by atoms with Crippen LogP contribution in [0.3, 0.4) is 0 Å². The van der Waals surface area contributed by atoms with Crippen molar-refractivity contribution >= 4 is 11.9 Å². The summed E-state index contributed by atoms with van der Waals surface area (Å²) >= 11 is 0. The van der Waals surface area contributed by atoms with Crippen molar-refractivity contribution in [3.8, 4) is 0 Å². The van der Waals surface area contributed by atoms with Gasteiger partial charge in [0.1, 0.15) is 0 Å². The average molecular weight is 217 g/mol. The van der Waals surface area contributed by atoms with Crippen molar-refractivity contribution in [3.63, 3.8) is 0 Å². The van der Waals surface area contributed by atoms with Crippen LogP contribution in [0.25, 0.3) is 0 Å². The van der Waals surface area contributed by atoms with Crippen molar-refractivity contribution in [2.24, 2.45) is 0 Å². The zero-order valence-electron chi connectivity index (χ0n) is 9.12. The molecule has 0 aliphatic heterocycles. The maximum atomic E-state index is 11.1. The van der Waals surface area contributed by atoms with E-state index in [1.807, 2.05) is 0 Å². The lowest BCUT2D eigenvalue weighted by Crippen LogP contribution is -2.25. The van der Waals surface area contributed by atoms with Gasteiger partial charge in [-0.1, -0.05) is 6.42 Å². The summed E-state index contributed by atoms with van der Waals surface area (Å²) in [7, 11) is 1.55. The maximum absolute atomic E-state index is 11.1. The van der Waals surface area contributed by atoms with Gasteiger partial charge in [0.25, 0.3) is 0 Å². The predicted molar refractivity (Wildman–Crippen MR) is 55.6 cm³/mol. The molecule has 0 aliphatic carbocycles. The van der Waals surface area contributed by atoms with Crippen molar-refractivity contribution in [1.29, 1.82) is 0 Å². The molecule has 15 heavy (non-hydrogen) atoms. The van der Waals surface area contributed by atoms with Gasteiger partial charge in [-0.2, -0.15) is 0 Å². The number of ether oxygens (including phenoxy) is 1. The summed E-state index contributed by atoms with van der Waals surface area (Å²) in [6.45, 7) is 1.05. The van der Waals surface area contributed by atoms with Gasteiger partial charge < -0.3 is 15.2 Å². The lowest BCUT2D eigenvalue weighted by atomic mass is 10.2. The molecule has 0 spiro atoms. The van der Waals surface area contributed by atoms with Gasteiger partial charge in [0.2, 0.25) is 5.91 Å². The van der Waals surface area contributed by atoms with E-state index in [1.165, 1.54) is 0 Å². The Morgan fingerprint density at radius 1 is 1.20 bits per heavy atom. The molecule has 0 saturated heterocycles. The third-order valence-electron chi connectivity index (χ3n) is 1.92. The Kier molecular flexibility index (Phi) is 8.76. The molecule has 0 aromatic carbocycles. The molecule has 1 amide bonds. The molecule has 0 aromatic heterocycles. The zero-order chi connectivity index (χ0) is 11.5. The largest absolute Gasteiger partial charge is 0.481 e. The van der Waals surface area contributed by atoms with Gasteiger partial charge in [-0.05, 0) is 12.8 Å². The Morgan fingerprint density at radius 2 is 1.93 bits per heavy atom. The van der Waals surface area contributed by atoms with Gasteiger partial charge in [-0.15, -0.1) is 0 Å². The van der Waals surface area contributed by atoms with Gasteiger partial charge >= 0.3 is 5.97 Å². The van der Waals surface area contributed by atoms with Gasteiger partial charge in [-0.25, -0.2) is 0 Å². The molecule has 5 nitrogen and oxygen atoms in total. The Labute approximate surface area is 89.8 Å². The van der Waals surface area contributed by atoms with Crippen molar-refractivity contribution in [3.05, 3.63) is 0 Å². The number of hydrogen-bond donors (Lipinski definition) is 2. The third kappa shape index (κ3) is 10.8. The number of carbonyl (C=O) groups excluding carboxylic acids is 1. The van der Waals surface area contributed by atoms with Crippen LogP contribution in [0.2, 0.25) is 0 Å². The lowest BCUT2D eigenvalue weighted by molar-refractivity contribution is -0.137. The number of methoxy groups -OCH3 is 1. The first-order chi connectivity index (χ1) is 7.16. The number of aliphatic carboxylic acids is 1. The quantitative estimate of drug-likeness (QED) is 0.560. The van der Waals surface area contributed by atoms with E-state index in [0.717, 1.165) is 12.8 Å². The number of carbonyl (C=O) groups is 2. The molecule has 0 radical (unpaired) electrons. The van der Waals surface area contributed by atoms with Crippen molar-refractivity contribution < 1.29 is 19.4 Å². The highest BCUT2D eigenvalue weighted by molar-refractivity contribution is 5.75. The first kappa shape index (κ1) is 13.9. The minimum atomic E-state index is -0.765. The predicted octanol–water partition coefficient (Wildman–Crippen LogP) is 0.784. The summed E-state index contributed by atoms with van der Waals surface area (Å²) < 4.78 is 4.76. The van der Waals surface area contributed by atoms with Crippen LogP contribution < -0.4 is 5.32 Å². The summed E-state index contributed by atoms with van der Waals surface area (Å²) in [5.41, 5.74) is 0. The zero-order valence-corrected chi connectivity index (χ0v) is 9.12. The van der Waals surface area contributed by atoms with E-state index in [2.05, 4.69) is 5.32 Å². The minimum absolute atomic E-state index is 0.0184. The van der Waals surface area contributed by atoms with Crippen LogP contribution >= 0.6 is 0 Å². The lowest BCUT2D eigenvalue weighted by Gasteiger charge is -2.03. The Bertz CT molecular complexity index is 194. The fourth-order valence-corrected chi connectivity index (χ4v) is 1.09. The summed E-state index contributed by atoms with van der Waals surface area (Å²) in [6.07, 6.45) is 2.91. The monoisotopic (exact) mass is 217 g/mol. The van der Waals surface area contributed by atoms with E-state index < -0.39 is 5.97 Å². The third-order valence-corrected chi connectivity index (χ3v) is 1.92. The molecule has 0 saturated carbocycles. The topological polar surface area (TPSA) is 75.6 Å². The molecule has 88 valence electrons. The maximum Gasteiger partial charge on any atom is 0.303 e. The molecule has 0 heterocycles. The second-order valence-electron chi connectivity index (χ2n) is 3.30. The van der Waals surface area contributed by atoms with E-state index >= 15 is 0 Å². The van der Waals surface area contributed by atoms with Gasteiger partial charge in [0, 0.05) is 26.5 Å². The molecular weight excluding hydrogens is 198 g/mol. The summed E-state index contributed by atoms with van der Waals surface area (Å²) in [4.78, 5) is 21.2. The fraction of sp³-hybridized carbons (Fsp3) is 0.800. The molecule has 0 rings (SSSR count). The number of carboxylic acid groups (broad SMARTS) is 1. The van der Waals surface area contributed by atoms with Crippen LogP contribution in [-0.2, 0) is 14.3 Å². The van der Waals surface area contributed by atoms with Gasteiger partial charge in [0.05, 0.1) is 6.61 Å². The Balaban J connectivity index is 3.16. The summed E-state index contributed by atoms with van der Waals surface area (Å²) in [5.74, 6) is -0.783. The van der Waals surface area contributed by atoms with E-state index in [-0.39, 0.29) is 12.3 Å². The second-order valence-corrected chi connectivity index (χ2v) is 3.30. The number of hydrogen-bond acceptors (Lipinski definition) is 3. The summed E-state index contributed by atoms with van der Waals surface area (Å²) in [6, 6.07) is 0. The first-order valence-corrected chi connectivity index (χ1v) is 5.14. The van der Waals surface area contributed by atoms with E-state index in [4.69, 9.17) is 9.84 Å². The smallest absolute Gasteiger partial charge is 0.303 e. The minimum Gasteiger partial charge on any atom is -0.481 e. The Hall–Kier alpha value is -1.10. The normalized spacial score (nSPS) is 9.93. The standard InChI is InChI=1S/C10H19NO4/c1-15-8-6-9(12)11-7-4-2-3-5-10(13)14/h2-8H2,1H3,(H,11,12)(H,13,14).